The van der Waals surface area contributed by atoms with Gasteiger partial charge in [0.05, 0.1) is 11.9 Å². The van der Waals surface area contributed by atoms with E-state index in [1.165, 1.54) is 6.07 Å². The van der Waals surface area contributed by atoms with Crippen molar-refractivity contribution < 1.29 is 13.5 Å². The molecule has 25 heavy (non-hydrogen) atoms. The van der Waals surface area contributed by atoms with Crippen LogP contribution in [0.25, 0.3) is 0 Å². The number of hydrogen-bond acceptors (Lipinski definition) is 3. The molecule has 0 saturated carbocycles. The van der Waals surface area contributed by atoms with Gasteiger partial charge in [-0.2, -0.15) is 8.78 Å². The van der Waals surface area contributed by atoms with Crippen molar-refractivity contribution in [2.75, 3.05) is 0 Å². The molecule has 126 valence electrons. The molecule has 3 aromatic rings. The Labute approximate surface area is 148 Å². The Morgan fingerprint density at radius 3 is 2.04 bits per heavy atom. The Kier molecular flexibility index (Phi) is 5.36. The van der Waals surface area contributed by atoms with Gasteiger partial charge >= 0.3 is 6.61 Å². The molecular formula is C19H13ClF2N2O. The Bertz CT molecular complexity index is 830. The summed E-state index contributed by atoms with van der Waals surface area (Å²) in [6.07, 6.45) is 1.14. The van der Waals surface area contributed by atoms with Crippen molar-refractivity contribution >= 4 is 23.0 Å². The first-order chi connectivity index (χ1) is 12.1. The van der Waals surface area contributed by atoms with E-state index < -0.39 is 6.61 Å². The van der Waals surface area contributed by atoms with Gasteiger partial charge in [-0.3, -0.25) is 0 Å². The van der Waals surface area contributed by atoms with E-state index in [0.717, 1.165) is 17.3 Å². The standard InChI is InChI=1S/C19H13ClF2N2O/c20-18-16(11-15(12-23-18)25-19(21)22)24-17(13-7-3-1-4-8-13)14-9-5-2-6-10-14/h1-12,19H. The molecule has 0 N–H and O–H groups in total. The highest BCUT2D eigenvalue weighted by atomic mass is 35.5. The van der Waals surface area contributed by atoms with Gasteiger partial charge in [-0.25, -0.2) is 9.98 Å². The van der Waals surface area contributed by atoms with Crippen LogP contribution in [-0.2, 0) is 0 Å². The summed E-state index contributed by atoms with van der Waals surface area (Å²) < 4.78 is 29.2. The lowest BCUT2D eigenvalue weighted by Crippen LogP contribution is -2.04. The van der Waals surface area contributed by atoms with Crippen LogP contribution in [0.3, 0.4) is 0 Å². The number of nitrogens with zero attached hydrogens (tertiary/aromatic N) is 2. The summed E-state index contributed by atoms with van der Waals surface area (Å²) in [5.74, 6) is -0.0985. The Morgan fingerprint density at radius 1 is 0.960 bits per heavy atom. The third-order valence-corrected chi connectivity index (χ3v) is 3.64. The van der Waals surface area contributed by atoms with Crippen LogP contribution in [0.2, 0.25) is 5.15 Å². The molecule has 0 saturated heterocycles. The zero-order valence-electron chi connectivity index (χ0n) is 12.9. The molecule has 0 atom stereocenters. The van der Waals surface area contributed by atoms with E-state index in [-0.39, 0.29) is 16.6 Å². The van der Waals surface area contributed by atoms with Gasteiger partial charge in [0.25, 0.3) is 0 Å². The number of benzene rings is 2. The van der Waals surface area contributed by atoms with Crippen molar-refractivity contribution in [1.82, 2.24) is 4.98 Å². The third kappa shape index (κ3) is 4.39. The molecule has 0 aliphatic carbocycles. The fourth-order valence-electron chi connectivity index (χ4n) is 2.27. The van der Waals surface area contributed by atoms with E-state index in [1.807, 2.05) is 60.7 Å². The summed E-state index contributed by atoms with van der Waals surface area (Å²) in [6.45, 7) is -2.94. The summed E-state index contributed by atoms with van der Waals surface area (Å²) in [7, 11) is 0. The smallest absolute Gasteiger partial charge is 0.387 e. The normalized spacial score (nSPS) is 10.6. The second-order valence-electron chi connectivity index (χ2n) is 5.05. The molecule has 1 heterocycles. The molecule has 2 aromatic carbocycles. The molecular weight excluding hydrogens is 346 g/mol. The molecule has 3 nitrogen and oxygen atoms in total. The average Bonchev–Trinajstić information content (AvgIpc) is 2.63. The van der Waals surface area contributed by atoms with Crippen molar-refractivity contribution in [2.45, 2.75) is 6.61 Å². The first kappa shape index (κ1) is 17.0. The van der Waals surface area contributed by atoms with Gasteiger partial charge in [0.2, 0.25) is 0 Å². The maximum atomic E-state index is 12.4. The predicted molar refractivity (Wildman–Crippen MR) is 94.1 cm³/mol. The van der Waals surface area contributed by atoms with E-state index >= 15 is 0 Å². The second kappa shape index (κ2) is 7.85. The van der Waals surface area contributed by atoms with Crippen LogP contribution >= 0.6 is 11.6 Å². The summed E-state index contributed by atoms with van der Waals surface area (Å²) in [5, 5.41) is 0.103. The lowest BCUT2D eigenvalue weighted by molar-refractivity contribution is -0.0500. The number of alkyl halides is 2. The molecule has 1 aromatic heterocycles. The highest BCUT2D eigenvalue weighted by Crippen LogP contribution is 2.29. The number of hydrogen-bond donors (Lipinski definition) is 0. The summed E-state index contributed by atoms with van der Waals surface area (Å²) in [5.41, 5.74) is 2.64. The highest BCUT2D eigenvalue weighted by Gasteiger charge is 2.11. The largest absolute Gasteiger partial charge is 0.433 e. The van der Waals surface area contributed by atoms with Gasteiger partial charge in [0, 0.05) is 17.2 Å². The molecule has 0 unspecified atom stereocenters. The van der Waals surface area contributed by atoms with E-state index in [0.29, 0.717) is 5.71 Å². The molecule has 3 rings (SSSR count). The summed E-state index contributed by atoms with van der Waals surface area (Å²) in [6, 6.07) is 20.4. The number of pyridine rings is 1. The van der Waals surface area contributed by atoms with Crippen LogP contribution < -0.4 is 4.74 Å². The van der Waals surface area contributed by atoms with Crippen LogP contribution in [-0.4, -0.2) is 17.3 Å². The Balaban J connectivity index is 2.10. The van der Waals surface area contributed by atoms with Crippen molar-refractivity contribution in [3.8, 4) is 5.75 Å². The van der Waals surface area contributed by atoms with Crippen LogP contribution in [0, 0.1) is 0 Å². The molecule has 0 radical (unpaired) electrons. The zero-order valence-corrected chi connectivity index (χ0v) is 13.7. The number of aliphatic imine (C=N–C) groups is 1. The van der Waals surface area contributed by atoms with Gasteiger partial charge in [-0.05, 0) is 0 Å². The average molecular weight is 359 g/mol. The van der Waals surface area contributed by atoms with Crippen LogP contribution in [0.1, 0.15) is 11.1 Å². The summed E-state index contributed by atoms with van der Waals surface area (Å²) in [4.78, 5) is 8.44. The number of halogens is 3. The maximum absolute atomic E-state index is 12.4. The molecule has 0 amide bonds. The molecule has 0 fully saturated rings. The van der Waals surface area contributed by atoms with Crippen molar-refractivity contribution in [2.24, 2.45) is 4.99 Å². The van der Waals surface area contributed by atoms with E-state index in [2.05, 4.69) is 14.7 Å². The highest BCUT2D eigenvalue weighted by molar-refractivity contribution is 6.32. The molecule has 0 aliphatic heterocycles. The minimum Gasteiger partial charge on any atom is -0.433 e. The SMILES string of the molecule is FC(F)Oc1cnc(Cl)c(N=C(c2ccccc2)c2ccccc2)c1. The quantitative estimate of drug-likeness (QED) is 0.445. The van der Waals surface area contributed by atoms with Crippen molar-refractivity contribution in [1.29, 1.82) is 0 Å². The van der Waals surface area contributed by atoms with Crippen molar-refractivity contribution in [3.63, 3.8) is 0 Å². The first-order valence-corrected chi connectivity index (χ1v) is 7.81. The zero-order chi connectivity index (χ0) is 17.6. The minimum absolute atomic E-state index is 0.0985. The number of aromatic nitrogens is 1. The molecule has 0 spiro atoms. The topological polar surface area (TPSA) is 34.5 Å². The number of ether oxygens (including phenoxy) is 1. The summed E-state index contributed by atoms with van der Waals surface area (Å²) >= 11 is 6.09. The monoisotopic (exact) mass is 358 g/mol. The maximum Gasteiger partial charge on any atom is 0.387 e. The fourth-order valence-corrected chi connectivity index (χ4v) is 2.42. The first-order valence-electron chi connectivity index (χ1n) is 7.43. The third-order valence-electron chi connectivity index (χ3n) is 3.35. The van der Waals surface area contributed by atoms with Gasteiger partial charge in [0.15, 0.2) is 5.15 Å². The van der Waals surface area contributed by atoms with Gasteiger partial charge in [-0.1, -0.05) is 72.3 Å². The van der Waals surface area contributed by atoms with Crippen LogP contribution in [0.4, 0.5) is 14.5 Å². The molecule has 0 bridgehead atoms. The lowest BCUT2D eigenvalue weighted by atomic mass is 10.0. The Hall–Kier alpha value is -2.79. The van der Waals surface area contributed by atoms with Crippen LogP contribution in [0.5, 0.6) is 5.75 Å². The van der Waals surface area contributed by atoms with Crippen molar-refractivity contribution in [3.05, 3.63) is 89.2 Å². The van der Waals surface area contributed by atoms with Gasteiger partial charge in [-0.15, -0.1) is 0 Å². The molecule has 0 aliphatic rings. The molecule has 6 heteroatoms. The fraction of sp³-hybridized carbons (Fsp3) is 0.0526. The Morgan fingerprint density at radius 2 is 1.52 bits per heavy atom. The lowest BCUT2D eigenvalue weighted by Gasteiger charge is -2.09. The predicted octanol–water partition coefficient (Wildman–Crippen LogP) is 5.51. The minimum atomic E-state index is -2.94. The van der Waals surface area contributed by atoms with Gasteiger partial charge < -0.3 is 4.74 Å². The van der Waals surface area contributed by atoms with Gasteiger partial charge in [0.1, 0.15) is 11.4 Å². The number of rotatable bonds is 5. The van der Waals surface area contributed by atoms with E-state index in [4.69, 9.17) is 11.6 Å². The van der Waals surface area contributed by atoms with E-state index in [9.17, 15) is 8.78 Å². The second-order valence-corrected chi connectivity index (χ2v) is 5.41. The van der Waals surface area contributed by atoms with Crippen LogP contribution in [0.15, 0.2) is 77.9 Å². The van der Waals surface area contributed by atoms with E-state index in [1.54, 1.807) is 0 Å².